The maximum Gasteiger partial charge on any atom is 0.270 e. The van der Waals surface area contributed by atoms with Crippen molar-refractivity contribution >= 4 is 17.4 Å². The first-order chi connectivity index (χ1) is 5.77. The molecule has 0 aliphatic rings. The molecule has 12 heavy (non-hydrogen) atoms. The number of ether oxygens (including phenoxy) is 1. The molecule has 1 heterocycles. The second-order valence-corrected chi connectivity index (χ2v) is 3.08. The Bertz CT molecular complexity index is 272. The lowest BCUT2D eigenvalue weighted by atomic mass is 10.3. The molecule has 66 valence electrons. The summed E-state index contributed by atoms with van der Waals surface area (Å²) < 4.78 is 8.85. The van der Waals surface area contributed by atoms with Crippen LogP contribution >= 0.6 is 11.5 Å². The van der Waals surface area contributed by atoms with Crippen molar-refractivity contribution in [2.24, 2.45) is 0 Å². The second kappa shape index (κ2) is 4.18. The van der Waals surface area contributed by atoms with Crippen molar-refractivity contribution in [2.75, 3.05) is 14.2 Å². The largest absolute Gasteiger partial charge is 0.379 e. The molecule has 0 aliphatic heterocycles. The molecule has 1 aromatic rings. The van der Waals surface area contributed by atoms with Crippen LogP contribution in [0, 0.1) is 0 Å². The van der Waals surface area contributed by atoms with Crippen molar-refractivity contribution in [2.45, 2.75) is 6.61 Å². The Morgan fingerprint density at radius 3 is 3.17 bits per heavy atom. The van der Waals surface area contributed by atoms with Gasteiger partial charge in [-0.1, -0.05) is 0 Å². The van der Waals surface area contributed by atoms with Crippen LogP contribution in [0.2, 0.25) is 0 Å². The molecule has 0 aliphatic carbocycles. The zero-order valence-corrected chi connectivity index (χ0v) is 7.77. The van der Waals surface area contributed by atoms with Gasteiger partial charge in [0.05, 0.1) is 11.5 Å². The van der Waals surface area contributed by atoms with Crippen molar-refractivity contribution in [3.8, 4) is 0 Å². The number of nitrogens with zero attached hydrogens (tertiary/aromatic N) is 1. The standard InChI is InChI=1S/C7H10N2O2S/c1-8-7(10)6-3-5(4-11-2)12-9-6/h3H,4H2,1-2H3,(H,8,10). The predicted molar refractivity (Wildman–Crippen MR) is 46.2 cm³/mol. The summed E-state index contributed by atoms with van der Waals surface area (Å²) in [6, 6.07) is 1.73. The average molecular weight is 186 g/mol. The fourth-order valence-corrected chi connectivity index (χ4v) is 1.44. The van der Waals surface area contributed by atoms with E-state index in [1.54, 1.807) is 20.2 Å². The summed E-state index contributed by atoms with van der Waals surface area (Å²) in [5, 5.41) is 2.50. The van der Waals surface area contributed by atoms with Crippen LogP contribution in [-0.2, 0) is 11.3 Å². The molecule has 1 aromatic heterocycles. The third-order valence-corrected chi connectivity index (χ3v) is 2.06. The number of amides is 1. The first-order valence-corrected chi connectivity index (χ1v) is 4.22. The first kappa shape index (κ1) is 9.15. The lowest BCUT2D eigenvalue weighted by molar-refractivity contribution is 0.0959. The van der Waals surface area contributed by atoms with E-state index in [9.17, 15) is 4.79 Å². The third-order valence-electron chi connectivity index (χ3n) is 1.31. The van der Waals surface area contributed by atoms with E-state index in [1.165, 1.54) is 11.5 Å². The smallest absolute Gasteiger partial charge is 0.270 e. The molecule has 1 N–H and O–H groups in total. The van der Waals surface area contributed by atoms with Gasteiger partial charge >= 0.3 is 0 Å². The molecule has 0 fully saturated rings. The van der Waals surface area contributed by atoms with E-state index in [2.05, 4.69) is 9.69 Å². The number of methoxy groups -OCH3 is 1. The normalized spacial score (nSPS) is 9.83. The molecule has 0 unspecified atom stereocenters. The summed E-state index contributed by atoms with van der Waals surface area (Å²) >= 11 is 1.28. The predicted octanol–water partition coefficient (Wildman–Crippen LogP) is 0.649. The Morgan fingerprint density at radius 2 is 2.58 bits per heavy atom. The Hall–Kier alpha value is -0.940. The van der Waals surface area contributed by atoms with Crippen LogP contribution in [0.5, 0.6) is 0 Å². The van der Waals surface area contributed by atoms with E-state index in [4.69, 9.17) is 4.74 Å². The van der Waals surface area contributed by atoms with E-state index in [-0.39, 0.29) is 5.91 Å². The second-order valence-electron chi connectivity index (χ2n) is 2.19. The Labute approximate surface area is 74.7 Å². The zero-order chi connectivity index (χ0) is 8.97. The van der Waals surface area contributed by atoms with Crippen LogP contribution in [0.1, 0.15) is 15.4 Å². The van der Waals surface area contributed by atoms with Gasteiger partial charge in [0.15, 0.2) is 0 Å². The molecule has 0 saturated heterocycles. The number of carbonyl (C=O) groups is 1. The van der Waals surface area contributed by atoms with E-state index < -0.39 is 0 Å². The number of carbonyl (C=O) groups excluding carboxylic acids is 1. The SMILES string of the molecule is CNC(=O)c1cc(COC)sn1. The maximum absolute atomic E-state index is 11.0. The van der Waals surface area contributed by atoms with E-state index in [1.807, 2.05) is 0 Å². The molecule has 1 amide bonds. The zero-order valence-electron chi connectivity index (χ0n) is 6.96. The van der Waals surface area contributed by atoms with Gasteiger partial charge in [0.2, 0.25) is 0 Å². The maximum atomic E-state index is 11.0. The van der Waals surface area contributed by atoms with Gasteiger partial charge in [0, 0.05) is 14.2 Å². The van der Waals surface area contributed by atoms with Gasteiger partial charge < -0.3 is 10.1 Å². The highest BCUT2D eigenvalue weighted by atomic mass is 32.1. The lowest BCUT2D eigenvalue weighted by Gasteiger charge is -1.91. The van der Waals surface area contributed by atoms with Gasteiger partial charge in [-0.05, 0) is 17.6 Å². The average Bonchev–Trinajstić information content (AvgIpc) is 2.52. The number of rotatable bonds is 3. The van der Waals surface area contributed by atoms with Crippen LogP contribution < -0.4 is 5.32 Å². The van der Waals surface area contributed by atoms with Crippen molar-refractivity contribution in [1.82, 2.24) is 9.69 Å². The Kier molecular flexibility index (Phi) is 3.19. The Morgan fingerprint density at radius 1 is 1.83 bits per heavy atom. The minimum Gasteiger partial charge on any atom is -0.379 e. The summed E-state index contributed by atoms with van der Waals surface area (Å²) in [5.41, 5.74) is 0.453. The van der Waals surface area contributed by atoms with Gasteiger partial charge in [-0.2, -0.15) is 4.37 Å². The van der Waals surface area contributed by atoms with Crippen molar-refractivity contribution in [3.63, 3.8) is 0 Å². The van der Waals surface area contributed by atoms with Crippen LogP contribution in [0.4, 0.5) is 0 Å². The minimum absolute atomic E-state index is 0.159. The van der Waals surface area contributed by atoms with Crippen LogP contribution in [0.3, 0.4) is 0 Å². The number of aromatic nitrogens is 1. The first-order valence-electron chi connectivity index (χ1n) is 3.44. The fraction of sp³-hybridized carbons (Fsp3) is 0.429. The molecule has 0 spiro atoms. The third kappa shape index (κ3) is 2.02. The highest BCUT2D eigenvalue weighted by Gasteiger charge is 2.07. The van der Waals surface area contributed by atoms with Gasteiger partial charge in [0.25, 0.3) is 5.91 Å². The molecule has 0 aromatic carbocycles. The Balaban J connectivity index is 2.70. The van der Waals surface area contributed by atoms with E-state index in [0.29, 0.717) is 12.3 Å². The minimum atomic E-state index is -0.159. The molecule has 0 bridgehead atoms. The summed E-state index contributed by atoms with van der Waals surface area (Å²) in [4.78, 5) is 12.0. The van der Waals surface area contributed by atoms with Crippen LogP contribution in [-0.4, -0.2) is 24.4 Å². The van der Waals surface area contributed by atoms with Crippen molar-refractivity contribution < 1.29 is 9.53 Å². The highest BCUT2D eigenvalue weighted by molar-refractivity contribution is 7.05. The topological polar surface area (TPSA) is 51.2 Å². The molecular weight excluding hydrogens is 176 g/mol. The summed E-state index contributed by atoms with van der Waals surface area (Å²) in [6.07, 6.45) is 0. The molecular formula is C7H10N2O2S. The van der Waals surface area contributed by atoms with Gasteiger partial charge in [0.1, 0.15) is 5.69 Å². The summed E-state index contributed by atoms with van der Waals surface area (Å²) in [7, 11) is 3.19. The fourth-order valence-electron chi connectivity index (χ4n) is 0.758. The van der Waals surface area contributed by atoms with Crippen LogP contribution in [0.15, 0.2) is 6.07 Å². The lowest BCUT2D eigenvalue weighted by Crippen LogP contribution is -2.17. The summed E-state index contributed by atoms with van der Waals surface area (Å²) in [5.74, 6) is -0.159. The van der Waals surface area contributed by atoms with Crippen molar-refractivity contribution in [1.29, 1.82) is 0 Å². The van der Waals surface area contributed by atoms with Gasteiger partial charge in [-0.3, -0.25) is 4.79 Å². The van der Waals surface area contributed by atoms with E-state index in [0.717, 1.165) is 4.88 Å². The van der Waals surface area contributed by atoms with Crippen molar-refractivity contribution in [3.05, 3.63) is 16.6 Å². The van der Waals surface area contributed by atoms with E-state index >= 15 is 0 Å². The van der Waals surface area contributed by atoms with Gasteiger partial charge in [-0.25, -0.2) is 0 Å². The van der Waals surface area contributed by atoms with Gasteiger partial charge in [-0.15, -0.1) is 0 Å². The summed E-state index contributed by atoms with van der Waals surface area (Å²) in [6.45, 7) is 0.509. The quantitative estimate of drug-likeness (QED) is 0.754. The molecule has 0 radical (unpaired) electrons. The molecule has 4 nitrogen and oxygen atoms in total. The number of hydrogen-bond donors (Lipinski definition) is 1. The monoisotopic (exact) mass is 186 g/mol. The van der Waals surface area contributed by atoms with Crippen LogP contribution in [0.25, 0.3) is 0 Å². The number of hydrogen-bond acceptors (Lipinski definition) is 4. The molecule has 1 rings (SSSR count). The molecule has 0 atom stereocenters. The molecule has 0 saturated carbocycles. The molecule has 5 heteroatoms. The number of nitrogens with one attached hydrogen (secondary N) is 1. The highest BCUT2D eigenvalue weighted by Crippen LogP contribution is 2.10.